The van der Waals surface area contributed by atoms with Gasteiger partial charge >= 0.3 is 0 Å². The van der Waals surface area contributed by atoms with Gasteiger partial charge in [-0.05, 0) is 24.0 Å². The fourth-order valence-electron chi connectivity index (χ4n) is 3.50. The maximum Gasteiger partial charge on any atom is 0.243 e. The summed E-state index contributed by atoms with van der Waals surface area (Å²) < 4.78 is 5.37. The average Bonchev–Trinajstić information content (AvgIpc) is 3.12. The molecular formula is C19H27N3O3. The first-order valence-corrected chi connectivity index (χ1v) is 9.06. The van der Waals surface area contributed by atoms with Crippen LogP contribution >= 0.6 is 0 Å². The van der Waals surface area contributed by atoms with Crippen LogP contribution in [0.3, 0.4) is 0 Å². The van der Waals surface area contributed by atoms with E-state index in [0.717, 1.165) is 51.3 Å². The molecule has 136 valence electrons. The lowest BCUT2D eigenvalue weighted by molar-refractivity contribution is -0.136. The van der Waals surface area contributed by atoms with Crippen LogP contribution in [0.5, 0.6) is 0 Å². The lowest BCUT2D eigenvalue weighted by Crippen LogP contribution is -2.44. The number of rotatable bonds is 5. The molecular weight excluding hydrogens is 318 g/mol. The van der Waals surface area contributed by atoms with E-state index in [4.69, 9.17) is 4.74 Å². The lowest BCUT2D eigenvalue weighted by atomic mass is 10.1. The second-order valence-corrected chi connectivity index (χ2v) is 6.79. The van der Waals surface area contributed by atoms with Gasteiger partial charge in [0.05, 0.1) is 13.2 Å². The molecule has 2 heterocycles. The molecule has 0 aliphatic carbocycles. The Kier molecular flexibility index (Phi) is 6.04. The molecule has 25 heavy (non-hydrogen) atoms. The Balaban J connectivity index is 1.48. The Morgan fingerprint density at radius 1 is 1.12 bits per heavy atom. The molecule has 1 N–H and O–H groups in total. The monoisotopic (exact) mass is 345 g/mol. The van der Waals surface area contributed by atoms with E-state index in [9.17, 15) is 9.59 Å². The van der Waals surface area contributed by atoms with Crippen LogP contribution in [0, 0.1) is 0 Å². The number of amides is 2. The van der Waals surface area contributed by atoms with Crippen LogP contribution in [-0.4, -0.2) is 60.5 Å². The van der Waals surface area contributed by atoms with Gasteiger partial charge in [0.1, 0.15) is 6.04 Å². The van der Waals surface area contributed by atoms with E-state index in [1.54, 1.807) is 4.90 Å². The number of hydrogen-bond donors (Lipinski definition) is 1. The molecule has 0 aromatic heterocycles. The van der Waals surface area contributed by atoms with E-state index in [-0.39, 0.29) is 17.9 Å². The molecule has 2 saturated heterocycles. The fraction of sp³-hybridized carbons (Fsp3) is 0.579. The van der Waals surface area contributed by atoms with Gasteiger partial charge in [0.2, 0.25) is 11.8 Å². The summed E-state index contributed by atoms with van der Waals surface area (Å²) in [5.74, 6) is -0.0739. The summed E-state index contributed by atoms with van der Waals surface area (Å²) in [5.41, 5.74) is 2.35. The third kappa shape index (κ3) is 4.80. The molecule has 0 bridgehead atoms. The Morgan fingerprint density at radius 3 is 2.48 bits per heavy atom. The summed E-state index contributed by atoms with van der Waals surface area (Å²) in [4.78, 5) is 28.0. The molecule has 0 spiro atoms. The summed E-state index contributed by atoms with van der Waals surface area (Å²) in [6.07, 6.45) is 1.65. The topological polar surface area (TPSA) is 61.9 Å². The molecule has 2 amide bonds. The second kappa shape index (κ2) is 8.45. The van der Waals surface area contributed by atoms with E-state index >= 15 is 0 Å². The predicted molar refractivity (Wildman–Crippen MR) is 94.8 cm³/mol. The lowest BCUT2D eigenvalue weighted by Gasteiger charge is -2.26. The first kappa shape index (κ1) is 17.9. The van der Waals surface area contributed by atoms with Crippen molar-refractivity contribution in [3.05, 3.63) is 35.4 Å². The highest BCUT2D eigenvalue weighted by Gasteiger charge is 2.31. The van der Waals surface area contributed by atoms with Gasteiger partial charge in [-0.2, -0.15) is 0 Å². The zero-order chi connectivity index (χ0) is 17.6. The van der Waals surface area contributed by atoms with Crippen LogP contribution in [0.4, 0.5) is 0 Å². The Bertz CT molecular complexity index is 596. The van der Waals surface area contributed by atoms with E-state index in [1.165, 1.54) is 12.5 Å². The fourth-order valence-corrected chi connectivity index (χ4v) is 3.50. The van der Waals surface area contributed by atoms with Crippen molar-refractivity contribution in [2.45, 2.75) is 38.9 Å². The number of likely N-dealkylation sites (tertiary alicyclic amines) is 1. The van der Waals surface area contributed by atoms with Gasteiger partial charge < -0.3 is 15.0 Å². The van der Waals surface area contributed by atoms with Gasteiger partial charge in [-0.1, -0.05) is 24.3 Å². The van der Waals surface area contributed by atoms with Crippen molar-refractivity contribution in [3.63, 3.8) is 0 Å². The summed E-state index contributed by atoms with van der Waals surface area (Å²) in [6, 6.07) is 8.06. The molecule has 2 aliphatic heterocycles. The maximum atomic E-state index is 12.3. The second-order valence-electron chi connectivity index (χ2n) is 6.79. The molecule has 6 nitrogen and oxygen atoms in total. The van der Waals surface area contributed by atoms with Crippen molar-refractivity contribution in [1.82, 2.24) is 15.1 Å². The molecule has 1 aromatic carbocycles. The first-order chi connectivity index (χ1) is 12.1. The van der Waals surface area contributed by atoms with E-state index < -0.39 is 0 Å². The van der Waals surface area contributed by atoms with Crippen molar-refractivity contribution in [3.8, 4) is 0 Å². The predicted octanol–water partition coefficient (Wildman–Crippen LogP) is 1.15. The van der Waals surface area contributed by atoms with Gasteiger partial charge in [-0.25, -0.2) is 0 Å². The van der Waals surface area contributed by atoms with Crippen molar-refractivity contribution < 1.29 is 14.3 Å². The molecule has 1 atom stereocenters. The smallest absolute Gasteiger partial charge is 0.243 e. The molecule has 0 radical (unpaired) electrons. The molecule has 2 fully saturated rings. The number of ether oxygens (including phenoxy) is 1. The molecule has 6 heteroatoms. The number of hydrogen-bond acceptors (Lipinski definition) is 4. The van der Waals surface area contributed by atoms with Crippen LogP contribution < -0.4 is 5.32 Å². The van der Waals surface area contributed by atoms with Crippen molar-refractivity contribution in [2.24, 2.45) is 0 Å². The number of carbonyl (C=O) groups excluding carboxylic acids is 2. The number of nitrogens with zero attached hydrogens (tertiary/aromatic N) is 2. The summed E-state index contributed by atoms with van der Waals surface area (Å²) in [5, 5.41) is 2.97. The average molecular weight is 345 g/mol. The highest BCUT2D eigenvalue weighted by atomic mass is 16.5. The number of benzene rings is 1. The summed E-state index contributed by atoms with van der Waals surface area (Å²) in [6.45, 7) is 7.22. The minimum Gasteiger partial charge on any atom is -0.379 e. The molecule has 1 aromatic rings. The molecule has 2 aliphatic rings. The molecule has 3 rings (SSSR count). The highest BCUT2D eigenvalue weighted by molar-refractivity contribution is 5.87. The van der Waals surface area contributed by atoms with E-state index in [1.807, 2.05) is 0 Å². The first-order valence-electron chi connectivity index (χ1n) is 9.06. The normalized spacial score (nSPS) is 21.3. The van der Waals surface area contributed by atoms with E-state index in [2.05, 4.69) is 34.5 Å². The van der Waals surface area contributed by atoms with Crippen LogP contribution in [0.2, 0.25) is 0 Å². The van der Waals surface area contributed by atoms with Crippen LogP contribution in [0.15, 0.2) is 24.3 Å². The largest absolute Gasteiger partial charge is 0.379 e. The van der Waals surface area contributed by atoms with Gasteiger partial charge in [-0.3, -0.25) is 14.5 Å². The molecule has 0 saturated carbocycles. The van der Waals surface area contributed by atoms with Gasteiger partial charge in [0, 0.05) is 39.6 Å². The summed E-state index contributed by atoms with van der Waals surface area (Å²) >= 11 is 0. The Hall–Kier alpha value is -1.92. The van der Waals surface area contributed by atoms with E-state index in [0.29, 0.717) is 13.1 Å². The van der Waals surface area contributed by atoms with Crippen molar-refractivity contribution >= 4 is 11.8 Å². The number of morpholine rings is 1. The van der Waals surface area contributed by atoms with Gasteiger partial charge in [0.25, 0.3) is 0 Å². The van der Waals surface area contributed by atoms with Crippen LogP contribution in [0.25, 0.3) is 0 Å². The van der Waals surface area contributed by atoms with Gasteiger partial charge in [0.15, 0.2) is 0 Å². The Morgan fingerprint density at radius 2 is 1.80 bits per heavy atom. The maximum absolute atomic E-state index is 12.3. The van der Waals surface area contributed by atoms with Crippen LogP contribution in [-0.2, 0) is 27.4 Å². The number of carbonyl (C=O) groups is 2. The third-order valence-electron chi connectivity index (χ3n) is 4.96. The Labute approximate surface area is 149 Å². The van der Waals surface area contributed by atoms with Crippen molar-refractivity contribution in [2.75, 3.05) is 32.8 Å². The SMILES string of the molecule is CC(=O)N1CCCC1C(=O)NCc1ccc(CN2CCOCC2)cc1. The van der Waals surface area contributed by atoms with Crippen molar-refractivity contribution in [1.29, 1.82) is 0 Å². The zero-order valence-corrected chi connectivity index (χ0v) is 14.9. The van der Waals surface area contributed by atoms with Gasteiger partial charge in [-0.15, -0.1) is 0 Å². The minimum absolute atomic E-state index is 0.0230. The highest BCUT2D eigenvalue weighted by Crippen LogP contribution is 2.17. The quantitative estimate of drug-likeness (QED) is 0.870. The summed E-state index contributed by atoms with van der Waals surface area (Å²) in [7, 11) is 0. The molecule has 1 unspecified atom stereocenters. The zero-order valence-electron chi connectivity index (χ0n) is 14.9. The standard InChI is InChI=1S/C19H27N3O3/c1-15(23)22-8-2-3-18(22)19(24)20-13-16-4-6-17(7-5-16)14-21-9-11-25-12-10-21/h4-7,18H,2-3,8-14H2,1H3,(H,20,24). The third-order valence-corrected chi connectivity index (χ3v) is 4.96. The minimum atomic E-state index is -0.307. The number of nitrogens with one attached hydrogen (secondary N) is 1. The van der Waals surface area contributed by atoms with Crippen LogP contribution in [0.1, 0.15) is 30.9 Å².